The average Bonchev–Trinajstić information content (AvgIpc) is 2.34. The second-order valence-corrected chi connectivity index (χ2v) is 9.19. The first-order valence-corrected chi connectivity index (χ1v) is 8.58. The first-order chi connectivity index (χ1) is 10.4. The monoisotopic (exact) mass is 330 g/mol. The molecular weight excluding hydrogens is 305 g/mol. The van der Waals surface area contributed by atoms with Gasteiger partial charge in [-0.15, -0.1) is 0 Å². The Kier molecular flexibility index (Phi) is 3.73. The molecule has 23 heavy (non-hydrogen) atoms. The van der Waals surface area contributed by atoms with E-state index in [1.807, 2.05) is 0 Å². The second-order valence-electron chi connectivity index (χ2n) is 9.19. The van der Waals surface area contributed by atoms with Crippen LogP contribution in [0, 0.1) is 34.5 Å². The summed E-state index contributed by atoms with van der Waals surface area (Å²) in [6, 6.07) is 0. The molecule has 0 N–H and O–H groups in total. The van der Waals surface area contributed by atoms with Crippen molar-refractivity contribution in [2.75, 3.05) is 0 Å². The van der Waals surface area contributed by atoms with Crippen molar-refractivity contribution >= 4 is 11.6 Å². The first kappa shape index (κ1) is 17.0. The molecule has 0 saturated heterocycles. The lowest BCUT2D eigenvalue weighted by Crippen LogP contribution is -2.57. The number of halogens is 3. The number of alkyl halides is 3. The van der Waals surface area contributed by atoms with E-state index < -0.39 is 34.5 Å². The van der Waals surface area contributed by atoms with Crippen molar-refractivity contribution in [2.24, 2.45) is 34.5 Å². The highest BCUT2D eigenvalue weighted by molar-refractivity contribution is 6.07. The van der Waals surface area contributed by atoms with Crippen molar-refractivity contribution in [3.05, 3.63) is 0 Å². The van der Waals surface area contributed by atoms with Gasteiger partial charge in [0.15, 0.2) is 0 Å². The van der Waals surface area contributed by atoms with Crippen LogP contribution >= 0.6 is 0 Å². The van der Waals surface area contributed by atoms with E-state index in [2.05, 4.69) is 0 Å². The summed E-state index contributed by atoms with van der Waals surface area (Å²) >= 11 is 0. The van der Waals surface area contributed by atoms with Crippen molar-refractivity contribution in [3.8, 4) is 0 Å². The van der Waals surface area contributed by atoms with Gasteiger partial charge in [-0.25, -0.2) is 0 Å². The summed E-state index contributed by atoms with van der Waals surface area (Å²) in [4.78, 5) is 25.1. The van der Waals surface area contributed by atoms with E-state index in [0.717, 1.165) is 19.3 Å². The van der Waals surface area contributed by atoms with Crippen LogP contribution in [0.2, 0.25) is 0 Å². The van der Waals surface area contributed by atoms with E-state index in [4.69, 9.17) is 0 Å². The van der Waals surface area contributed by atoms with E-state index in [0.29, 0.717) is 37.0 Å². The van der Waals surface area contributed by atoms with Gasteiger partial charge < -0.3 is 0 Å². The summed E-state index contributed by atoms with van der Waals surface area (Å²) in [5, 5.41) is 0. The molecule has 0 heterocycles. The number of hydrogen-bond acceptors (Lipinski definition) is 2. The fraction of sp³-hybridized carbons (Fsp3) is 0.889. The molecule has 4 bridgehead atoms. The lowest BCUT2D eigenvalue weighted by molar-refractivity contribution is -0.190. The molecule has 0 aromatic carbocycles. The largest absolute Gasteiger partial charge is 0.450 e. The fourth-order valence-electron chi connectivity index (χ4n) is 5.80. The van der Waals surface area contributed by atoms with Gasteiger partial charge in [0.05, 0.1) is 5.92 Å². The lowest BCUT2D eigenvalue weighted by Gasteiger charge is -2.59. The Labute approximate surface area is 135 Å². The van der Waals surface area contributed by atoms with E-state index in [1.165, 1.54) is 0 Å². The second kappa shape index (κ2) is 5.06. The van der Waals surface area contributed by atoms with E-state index in [1.54, 1.807) is 20.8 Å². The van der Waals surface area contributed by atoms with Gasteiger partial charge in [-0.1, -0.05) is 20.8 Å². The smallest absolute Gasteiger partial charge is 0.298 e. The molecule has 0 radical (unpaired) electrons. The zero-order chi connectivity index (χ0) is 17.2. The maximum Gasteiger partial charge on any atom is 0.450 e. The van der Waals surface area contributed by atoms with E-state index in [-0.39, 0.29) is 0 Å². The molecule has 4 rings (SSSR count). The lowest BCUT2D eigenvalue weighted by atomic mass is 9.45. The first-order valence-electron chi connectivity index (χ1n) is 8.58. The van der Waals surface area contributed by atoms with Crippen molar-refractivity contribution in [3.63, 3.8) is 0 Å². The normalized spacial score (nSPS) is 37.7. The maximum absolute atomic E-state index is 13.2. The number of ketones is 2. The van der Waals surface area contributed by atoms with Gasteiger partial charge in [0.25, 0.3) is 0 Å². The molecule has 0 aromatic rings. The minimum Gasteiger partial charge on any atom is -0.298 e. The Hall–Kier alpha value is -0.870. The highest BCUT2D eigenvalue weighted by atomic mass is 19.4. The highest BCUT2D eigenvalue weighted by Crippen LogP contribution is 2.64. The number of carbonyl (C=O) groups is 2. The quantitative estimate of drug-likeness (QED) is 0.711. The maximum atomic E-state index is 13.2. The number of rotatable bonds is 3. The fourth-order valence-corrected chi connectivity index (χ4v) is 5.80. The number of carbonyl (C=O) groups excluding carboxylic acids is 2. The Morgan fingerprint density at radius 1 is 0.870 bits per heavy atom. The summed E-state index contributed by atoms with van der Waals surface area (Å²) in [5.41, 5.74) is -1.68. The van der Waals surface area contributed by atoms with Gasteiger partial charge in [-0.2, -0.15) is 13.2 Å². The molecule has 2 nitrogen and oxygen atoms in total. The van der Waals surface area contributed by atoms with Gasteiger partial charge in [-0.05, 0) is 61.7 Å². The third-order valence-electron chi connectivity index (χ3n) is 6.24. The van der Waals surface area contributed by atoms with E-state index >= 15 is 0 Å². The Balaban J connectivity index is 2.02. The van der Waals surface area contributed by atoms with Crippen LogP contribution in [0.3, 0.4) is 0 Å². The Morgan fingerprint density at radius 3 is 1.57 bits per heavy atom. The van der Waals surface area contributed by atoms with Gasteiger partial charge in [-0.3, -0.25) is 9.59 Å². The van der Waals surface area contributed by atoms with E-state index in [9.17, 15) is 22.8 Å². The summed E-state index contributed by atoms with van der Waals surface area (Å²) in [5.74, 6) is -2.63. The standard InChI is InChI=1S/C18H25F3O2/c1-16(2,3)14(22)13(15(23)18(19,20)21)17-7-10-4-11(8-17)6-12(5-10)9-17/h10-13H,4-9H2,1-3H3/t10?,11?,12?,13-,17?/m0/s1. The molecule has 130 valence electrons. The molecule has 5 heteroatoms. The van der Waals surface area contributed by atoms with Crippen LogP contribution in [0.5, 0.6) is 0 Å². The van der Waals surface area contributed by atoms with Crippen LogP contribution in [0.15, 0.2) is 0 Å². The molecule has 4 fully saturated rings. The predicted molar refractivity (Wildman–Crippen MR) is 79.6 cm³/mol. The van der Waals surface area contributed by atoms with Crippen molar-refractivity contribution < 1.29 is 22.8 Å². The molecule has 0 aliphatic heterocycles. The minimum absolute atomic E-state index is 0.401. The minimum atomic E-state index is -4.94. The topological polar surface area (TPSA) is 34.1 Å². The molecule has 0 unspecified atom stereocenters. The molecule has 4 saturated carbocycles. The summed E-state index contributed by atoms with van der Waals surface area (Å²) in [6.45, 7) is 4.85. The van der Waals surface area contributed by atoms with Crippen molar-refractivity contribution in [1.29, 1.82) is 0 Å². The van der Waals surface area contributed by atoms with Crippen LogP contribution in [-0.2, 0) is 9.59 Å². The molecule has 0 spiro atoms. The molecule has 4 aliphatic carbocycles. The van der Waals surface area contributed by atoms with Crippen LogP contribution in [0.1, 0.15) is 59.3 Å². The molecule has 4 aliphatic rings. The van der Waals surface area contributed by atoms with Crippen LogP contribution in [-0.4, -0.2) is 17.7 Å². The molecule has 0 aromatic heterocycles. The van der Waals surface area contributed by atoms with Crippen molar-refractivity contribution in [1.82, 2.24) is 0 Å². The molecular formula is C18H25F3O2. The Morgan fingerprint density at radius 2 is 1.26 bits per heavy atom. The molecule has 0 amide bonds. The zero-order valence-corrected chi connectivity index (χ0v) is 14.0. The summed E-state index contributed by atoms with van der Waals surface area (Å²) in [7, 11) is 0. The summed E-state index contributed by atoms with van der Waals surface area (Å²) < 4.78 is 39.7. The Bertz CT molecular complexity index is 466. The average molecular weight is 330 g/mol. The van der Waals surface area contributed by atoms with Gasteiger partial charge in [0.1, 0.15) is 5.78 Å². The highest BCUT2D eigenvalue weighted by Gasteiger charge is 2.62. The number of hydrogen-bond donors (Lipinski definition) is 0. The predicted octanol–water partition coefficient (Wildman–Crippen LogP) is 4.57. The van der Waals surface area contributed by atoms with Gasteiger partial charge in [0.2, 0.25) is 5.78 Å². The van der Waals surface area contributed by atoms with Gasteiger partial charge >= 0.3 is 6.18 Å². The zero-order valence-electron chi connectivity index (χ0n) is 14.0. The summed E-state index contributed by atoms with van der Waals surface area (Å²) in [6.07, 6.45) is 0.116. The van der Waals surface area contributed by atoms with Crippen LogP contribution in [0.4, 0.5) is 13.2 Å². The van der Waals surface area contributed by atoms with Gasteiger partial charge in [0, 0.05) is 5.41 Å². The van der Waals surface area contributed by atoms with Crippen LogP contribution in [0.25, 0.3) is 0 Å². The SMILES string of the molecule is CC(C)(C)C(=O)[C@@H](C(=O)C(F)(F)F)C12CC3CC(CC(C3)C1)C2. The third kappa shape index (κ3) is 2.85. The van der Waals surface area contributed by atoms with Crippen LogP contribution < -0.4 is 0 Å². The molecule has 1 atom stereocenters. The third-order valence-corrected chi connectivity index (χ3v) is 6.24. The number of Topliss-reactive ketones (excluding diaryl/α,β-unsaturated/α-hetero) is 2. The van der Waals surface area contributed by atoms with Crippen molar-refractivity contribution in [2.45, 2.75) is 65.5 Å².